The van der Waals surface area contributed by atoms with Gasteiger partial charge in [-0.2, -0.15) is 0 Å². The highest BCUT2D eigenvalue weighted by Crippen LogP contribution is 2.28. The molecule has 0 heteroatoms. The van der Waals surface area contributed by atoms with E-state index in [4.69, 9.17) is 0 Å². The van der Waals surface area contributed by atoms with E-state index in [1.165, 1.54) is 37.7 Å². The topological polar surface area (TPSA) is 0 Å². The van der Waals surface area contributed by atoms with Crippen molar-refractivity contribution in [2.24, 2.45) is 5.92 Å². The van der Waals surface area contributed by atoms with Crippen LogP contribution in [-0.2, 0) is 12.8 Å². The first-order chi connectivity index (χ1) is 7.29. The maximum Gasteiger partial charge on any atom is -0.0247 e. The van der Waals surface area contributed by atoms with Crippen molar-refractivity contribution in [3.8, 4) is 0 Å². The Kier molecular flexibility index (Phi) is 3.25. The molecule has 0 amide bonds. The Morgan fingerprint density at radius 3 is 3.07 bits per heavy atom. The van der Waals surface area contributed by atoms with Crippen LogP contribution in [0, 0.1) is 12.8 Å². The summed E-state index contributed by atoms with van der Waals surface area (Å²) in [5.41, 5.74) is 4.57. The average Bonchev–Trinajstić information content (AvgIpc) is 2.26. The van der Waals surface area contributed by atoms with Crippen molar-refractivity contribution in [3.63, 3.8) is 0 Å². The summed E-state index contributed by atoms with van der Waals surface area (Å²) in [6, 6.07) is 6.93. The van der Waals surface area contributed by atoms with E-state index in [9.17, 15) is 0 Å². The second-order valence-electron chi connectivity index (χ2n) is 4.75. The van der Waals surface area contributed by atoms with Gasteiger partial charge in [0, 0.05) is 0 Å². The van der Waals surface area contributed by atoms with Crippen LogP contribution in [0.2, 0.25) is 0 Å². The number of hydrogen-bond acceptors (Lipinski definition) is 0. The predicted octanol–water partition coefficient (Wildman–Crippen LogP) is 4.07. The minimum Gasteiger partial charge on any atom is -0.103 e. The first-order valence-electron chi connectivity index (χ1n) is 5.99. The molecule has 0 radical (unpaired) electrons. The molecule has 0 N–H and O–H groups in total. The van der Waals surface area contributed by atoms with Crippen LogP contribution in [0.5, 0.6) is 0 Å². The summed E-state index contributed by atoms with van der Waals surface area (Å²) in [4.78, 5) is 0. The molecular weight excluding hydrogens is 180 g/mol. The molecule has 80 valence electrons. The molecule has 0 spiro atoms. The summed E-state index contributed by atoms with van der Waals surface area (Å²) in [6.45, 7) is 5.99. The second kappa shape index (κ2) is 4.65. The van der Waals surface area contributed by atoms with E-state index in [-0.39, 0.29) is 0 Å². The lowest BCUT2D eigenvalue weighted by Crippen LogP contribution is -2.14. The lowest BCUT2D eigenvalue weighted by molar-refractivity contribution is 0.430. The van der Waals surface area contributed by atoms with Gasteiger partial charge in [-0.05, 0) is 56.1 Å². The molecule has 0 heterocycles. The van der Waals surface area contributed by atoms with Crippen molar-refractivity contribution in [1.82, 2.24) is 0 Å². The molecule has 0 aromatic heterocycles. The number of allylic oxidation sites excluding steroid dienone is 1. The van der Waals surface area contributed by atoms with Gasteiger partial charge in [-0.3, -0.25) is 0 Å². The maximum absolute atomic E-state index is 3.80. The molecular formula is C15H20. The summed E-state index contributed by atoms with van der Waals surface area (Å²) < 4.78 is 0. The molecule has 1 aliphatic rings. The Balaban J connectivity index is 2.06. The van der Waals surface area contributed by atoms with Gasteiger partial charge in [0.05, 0.1) is 0 Å². The number of fused-ring (bicyclic) bond motifs is 1. The Bertz CT molecular complexity index is 349. The van der Waals surface area contributed by atoms with Gasteiger partial charge in [0.1, 0.15) is 0 Å². The fraction of sp³-hybridized carbons (Fsp3) is 0.467. The Labute approximate surface area is 93.0 Å². The van der Waals surface area contributed by atoms with Crippen LogP contribution < -0.4 is 0 Å². The van der Waals surface area contributed by atoms with Gasteiger partial charge in [-0.1, -0.05) is 29.8 Å². The monoisotopic (exact) mass is 200 g/mol. The van der Waals surface area contributed by atoms with Crippen molar-refractivity contribution in [3.05, 3.63) is 47.5 Å². The molecule has 1 unspecified atom stereocenters. The maximum atomic E-state index is 3.80. The quantitative estimate of drug-likeness (QED) is 0.645. The highest BCUT2D eigenvalue weighted by Gasteiger charge is 2.17. The van der Waals surface area contributed by atoms with Crippen LogP contribution in [0.3, 0.4) is 0 Å². The molecule has 1 aromatic carbocycles. The van der Waals surface area contributed by atoms with Crippen LogP contribution in [0.25, 0.3) is 0 Å². The van der Waals surface area contributed by atoms with Crippen molar-refractivity contribution in [1.29, 1.82) is 0 Å². The molecule has 1 aromatic rings. The minimum absolute atomic E-state index is 0.887. The number of rotatable bonds is 3. The Morgan fingerprint density at radius 2 is 2.27 bits per heavy atom. The smallest absolute Gasteiger partial charge is 0.0247 e. The molecule has 0 nitrogen and oxygen atoms in total. The van der Waals surface area contributed by atoms with Gasteiger partial charge in [0.25, 0.3) is 0 Å². The highest BCUT2D eigenvalue weighted by atomic mass is 14.2. The van der Waals surface area contributed by atoms with Gasteiger partial charge < -0.3 is 0 Å². The van der Waals surface area contributed by atoms with Gasteiger partial charge in [-0.25, -0.2) is 0 Å². The lowest BCUT2D eigenvalue weighted by Gasteiger charge is -2.24. The summed E-state index contributed by atoms with van der Waals surface area (Å²) in [7, 11) is 0. The zero-order chi connectivity index (χ0) is 10.7. The van der Waals surface area contributed by atoms with Crippen molar-refractivity contribution in [2.45, 2.75) is 39.0 Å². The van der Waals surface area contributed by atoms with Gasteiger partial charge in [-0.15, -0.1) is 6.58 Å². The fourth-order valence-corrected chi connectivity index (χ4v) is 2.56. The van der Waals surface area contributed by atoms with E-state index in [0.29, 0.717) is 0 Å². The van der Waals surface area contributed by atoms with E-state index >= 15 is 0 Å². The minimum atomic E-state index is 0.887. The van der Waals surface area contributed by atoms with E-state index in [2.05, 4.69) is 31.7 Å². The molecule has 1 aliphatic carbocycles. The normalized spacial score (nSPS) is 19.7. The number of benzene rings is 1. The molecule has 15 heavy (non-hydrogen) atoms. The second-order valence-corrected chi connectivity index (χ2v) is 4.75. The Hall–Kier alpha value is -1.04. The van der Waals surface area contributed by atoms with Crippen molar-refractivity contribution < 1.29 is 0 Å². The predicted molar refractivity (Wildman–Crippen MR) is 66.1 cm³/mol. The van der Waals surface area contributed by atoms with E-state index in [1.807, 2.05) is 6.08 Å². The molecule has 0 saturated heterocycles. The third-order valence-electron chi connectivity index (χ3n) is 3.47. The zero-order valence-electron chi connectivity index (χ0n) is 9.63. The standard InChI is InChI=1S/C15H20/c1-3-4-5-13-7-9-14-10-12(2)6-8-15(14)11-13/h3,6,8,10,13H,1,4-5,7,9,11H2,2H3. The highest BCUT2D eigenvalue weighted by molar-refractivity contribution is 5.33. The fourth-order valence-electron chi connectivity index (χ4n) is 2.56. The third-order valence-corrected chi connectivity index (χ3v) is 3.47. The number of hydrogen-bond donors (Lipinski definition) is 0. The summed E-state index contributed by atoms with van der Waals surface area (Å²) in [5, 5.41) is 0. The van der Waals surface area contributed by atoms with Crippen LogP contribution in [0.4, 0.5) is 0 Å². The van der Waals surface area contributed by atoms with Crippen molar-refractivity contribution in [2.75, 3.05) is 0 Å². The molecule has 0 bridgehead atoms. The van der Waals surface area contributed by atoms with Crippen LogP contribution in [0.15, 0.2) is 30.9 Å². The Morgan fingerprint density at radius 1 is 1.40 bits per heavy atom. The molecule has 1 atom stereocenters. The first kappa shape index (κ1) is 10.5. The van der Waals surface area contributed by atoms with Crippen LogP contribution in [0.1, 0.15) is 36.0 Å². The van der Waals surface area contributed by atoms with E-state index in [1.54, 1.807) is 11.1 Å². The lowest BCUT2D eigenvalue weighted by atomic mass is 9.81. The average molecular weight is 200 g/mol. The van der Waals surface area contributed by atoms with E-state index < -0.39 is 0 Å². The van der Waals surface area contributed by atoms with E-state index in [0.717, 1.165) is 5.92 Å². The summed E-state index contributed by atoms with van der Waals surface area (Å²) in [6.07, 6.45) is 8.46. The summed E-state index contributed by atoms with van der Waals surface area (Å²) >= 11 is 0. The zero-order valence-corrected chi connectivity index (χ0v) is 9.63. The number of aryl methyl sites for hydroxylation is 2. The van der Waals surface area contributed by atoms with Crippen LogP contribution in [-0.4, -0.2) is 0 Å². The molecule has 2 rings (SSSR count). The molecule has 0 fully saturated rings. The van der Waals surface area contributed by atoms with Crippen molar-refractivity contribution >= 4 is 0 Å². The van der Waals surface area contributed by atoms with Gasteiger partial charge in [0.15, 0.2) is 0 Å². The van der Waals surface area contributed by atoms with Gasteiger partial charge >= 0.3 is 0 Å². The SMILES string of the molecule is C=CCCC1CCc2cc(C)ccc2C1. The first-order valence-corrected chi connectivity index (χ1v) is 5.99. The molecule has 0 saturated carbocycles. The van der Waals surface area contributed by atoms with Gasteiger partial charge in [0.2, 0.25) is 0 Å². The largest absolute Gasteiger partial charge is 0.103 e. The van der Waals surface area contributed by atoms with Crippen LogP contribution >= 0.6 is 0 Å². The summed E-state index contributed by atoms with van der Waals surface area (Å²) in [5.74, 6) is 0.887. The third kappa shape index (κ3) is 2.50. The molecule has 0 aliphatic heterocycles.